The number of methoxy groups -OCH3 is 2. The van der Waals surface area contributed by atoms with E-state index in [1.54, 1.807) is 44.0 Å². The van der Waals surface area contributed by atoms with Gasteiger partial charge in [0.25, 0.3) is 5.91 Å². The van der Waals surface area contributed by atoms with Gasteiger partial charge in [0.05, 0.1) is 26.5 Å². The van der Waals surface area contributed by atoms with Crippen molar-refractivity contribution in [3.63, 3.8) is 0 Å². The Hall–Kier alpha value is -4.66. The van der Waals surface area contributed by atoms with Gasteiger partial charge in [-0.05, 0) is 61.0 Å². The van der Waals surface area contributed by atoms with Gasteiger partial charge in [-0.2, -0.15) is 5.10 Å². The first-order valence-electron chi connectivity index (χ1n) is 12.5. The summed E-state index contributed by atoms with van der Waals surface area (Å²) in [5, 5.41) is 7.67. The number of nitrogens with one attached hydrogen (secondary N) is 1. The van der Waals surface area contributed by atoms with Crippen LogP contribution in [0, 0.1) is 5.82 Å². The molecular formula is C30H29FN4O4. The van der Waals surface area contributed by atoms with E-state index in [0.29, 0.717) is 28.5 Å². The molecule has 1 N–H and O–H groups in total. The topological polar surface area (TPSA) is 85.7 Å². The fourth-order valence-electron chi connectivity index (χ4n) is 4.78. The molecule has 1 aromatic heterocycles. The van der Waals surface area contributed by atoms with Gasteiger partial charge in [-0.1, -0.05) is 30.3 Å². The normalized spacial score (nSPS) is 16.5. The molecule has 8 nitrogen and oxygen atoms in total. The van der Waals surface area contributed by atoms with E-state index in [1.807, 2.05) is 48.5 Å². The summed E-state index contributed by atoms with van der Waals surface area (Å²) >= 11 is 0. The van der Waals surface area contributed by atoms with Crippen molar-refractivity contribution in [1.29, 1.82) is 0 Å². The Bertz CT molecular complexity index is 1500. The van der Waals surface area contributed by atoms with E-state index < -0.39 is 5.54 Å². The van der Waals surface area contributed by atoms with Crippen LogP contribution in [0.15, 0.2) is 78.9 Å². The molecule has 5 rings (SSSR count). The van der Waals surface area contributed by atoms with Gasteiger partial charge in [-0.3, -0.25) is 14.3 Å². The lowest BCUT2D eigenvalue weighted by Gasteiger charge is -2.43. The Kier molecular flexibility index (Phi) is 7.06. The number of fused-ring (bicyclic) bond motifs is 1. The van der Waals surface area contributed by atoms with Gasteiger partial charge in [0.15, 0.2) is 0 Å². The lowest BCUT2D eigenvalue weighted by atomic mass is 9.94. The van der Waals surface area contributed by atoms with E-state index in [1.165, 1.54) is 17.0 Å². The Morgan fingerprint density at radius 2 is 1.74 bits per heavy atom. The van der Waals surface area contributed by atoms with Crippen molar-refractivity contribution < 1.29 is 23.5 Å². The first kappa shape index (κ1) is 26.0. The van der Waals surface area contributed by atoms with Crippen LogP contribution >= 0.6 is 0 Å². The highest BCUT2D eigenvalue weighted by Gasteiger charge is 2.48. The molecule has 2 heterocycles. The van der Waals surface area contributed by atoms with Gasteiger partial charge in [0.2, 0.25) is 5.91 Å². The van der Waals surface area contributed by atoms with Crippen molar-refractivity contribution in [3.8, 4) is 22.8 Å². The second kappa shape index (κ2) is 10.6. The van der Waals surface area contributed by atoms with Gasteiger partial charge in [0.1, 0.15) is 28.5 Å². The third-order valence-electron chi connectivity index (χ3n) is 7.06. The van der Waals surface area contributed by atoms with Gasteiger partial charge in [-0.15, -0.1) is 0 Å². The third-order valence-corrected chi connectivity index (χ3v) is 7.06. The van der Waals surface area contributed by atoms with Crippen molar-refractivity contribution in [1.82, 2.24) is 20.0 Å². The maximum Gasteiger partial charge on any atom is 0.273 e. The summed E-state index contributed by atoms with van der Waals surface area (Å²) in [6.07, 6.45) is 0. The van der Waals surface area contributed by atoms with Crippen molar-refractivity contribution in [3.05, 3.63) is 102 Å². The zero-order chi connectivity index (χ0) is 27.6. The summed E-state index contributed by atoms with van der Waals surface area (Å²) < 4.78 is 25.8. The zero-order valence-corrected chi connectivity index (χ0v) is 22.0. The summed E-state index contributed by atoms with van der Waals surface area (Å²) in [7, 11) is 3.17. The minimum Gasteiger partial charge on any atom is -0.497 e. The number of benzene rings is 3. The maximum atomic E-state index is 13.9. The van der Waals surface area contributed by atoms with Crippen LogP contribution < -0.4 is 14.8 Å². The minimum atomic E-state index is -1.27. The van der Waals surface area contributed by atoms with Crippen molar-refractivity contribution in [2.75, 3.05) is 14.2 Å². The van der Waals surface area contributed by atoms with E-state index in [0.717, 1.165) is 11.1 Å². The number of carbonyl (C=O) groups is 2. The average molecular weight is 529 g/mol. The number of hydrogen-bond donors (Lipinski definition) is 1. The van der Waals surface area contributed by atoms with Gasteiger partial charge >= 0.3 is 0 Å². The van der Waals surface area contributed by atoms with E-state index in [4.69, 9.17) is 9.47 Å². The molecule has 39 heavy (non-hydrogen) atoms. The van der Waals surface area contributed by atoms with Crippen molar-refractivity contribution >= 4 is 11.8 Å². The summed E-state index contributed by atoms with van der Waals surface area (Å²) in [5.74, 6) is 0.319. The molecule has 0 aliphatic carbocycles. The van der Waals surface area contributed by atoms with Gasteiger partial charge < -0.3 is 19.7 Å². The Balaban J connectivity index is 1.48. The monoisotopic (exact) mass is 528 g/mol. The molecule has 200 valence electrons. The number of carbonyl (C=O) groups excluding carboxylic acids is 2. The smallest absolute Gasteiger partial charge is 0.273 e. The number of amides is 2. The third kappa shape index (κ3) is 5.07. The van der Waals surface area contributed by atoms with Crippen LogP contribution in [0.1, 0.15) is 28.5 Å². The number of rotatable bonds is 8. The van der Waals surface area contributed by atoms with Crippen molar-refractivity contribution in [2.45, 2.75) is 32.1 Å². The average Bonchev–Trinajstić information content (AvgIpc) is 3.39. The van der Waals surface area contributed by atoms with Gasteiger partial charge in [-0.25, -0.2) is 4.39 Å². The number of hydrogen-bond acceptors (Lipinski definition) is 5. The molecule has 1 unspecified atom stereocenters. The quantitative estimate of drug-likeness (QED) is 0.366. The summed E-state index contributed by atoms with van der Waals surface area (Å²) in [6.45, 7) is 2.22. The Labute approximate surface area is 226 Å². The van der Waals surface area contributed by atoms with E-state index in [-0.39, 0.29) is 37.3 Å². The first-order chi connectivity index (χ1) is 18.8. The van der Waals surface area contributed by atoms with Crippen LogP contribution in [0.4, 0.5) is 4.39 Å². The second-order valence-electron chi connectivity index (χ2n) is 9.59. The molecule has 0 bridgehead atoms. The fourth-order valence-corrected chi connectivity index (χ4v) is 4.78. The number of halogens is 1. The lowest BCUT2D eigenvalue weighted by molar-refractivity contribution is -0.133. The van der Waals surface area contributed by atoms with Crippen LogP contribution in [0.25, 0.3) is 11.3 Å². The van der Waals surface area contributed by atoms with Crippen LogP contribution in [-0.4, -0.2) is 46.3 Å². The fraction of sp³-hybridized carbons (Fsp3) is 0.233. The number of ether oxygens (including phenoxy) is 2. The predicted octanol–water partition coefficient (Wildman–Crippen LogP) is 4.44. The Morgan fingerprint density at radius 3 is 2.44 bits per heavy atom. The molecule has 4 aromatic rings. The minimum absolute atomic E-state index is 0.126. The van der Waals surface area contributed by atoms with Crippen molar-refractivity contribution in [2.24, 2.45) is 0 Å². The van der Waals surface area contributed by atoms with Crippen LogP contribution in [0.2, 0.25) is 0 Å². The predicted molar refractivity (Wildman–Crippen MR) is 144 cm³/mol. The molecule has 9 heteroatoms. The highest BCUT2D eigenvalue weighted by Crippen LogP contribution is 2.32. The molecule has 0 radical (unpaired) electrons. The SMILES string of the molecule is COc1ccc(-c2cc3n(n2)CC(C)(C(=O)NCc2ccccc2OC)N(Cc2ccc(F)cc2)C3=O)cc1. The summed E-state index contributed by atoms with van der Waals surface area (Å²) in [5.41, 5.74) is 2.05. The Morgan fingerprint density at radius 1 is 1.03 bits per heavy atom. The molecule has 0 spiro atoms. The molecule has 1 aliphatic rings. The largest absolute Gasteiger partial charge is 0.497 e. The van der Waals surface area contributed by atoms with Gasteiger partial charge in [0, 0.05) is 24.2 Å². The van der Waals surface area contributed by atoms with E-state index >= 15 is 0 Å². The van der Waals surface area contributed by atoms with Crippen LogP contribution in [-0.2, 0) is 24.4 Å². The number of nitrogens with zero attached hydrogens (tertiary/aromatic N) is 3. The van der Waals surface area contributed by atoms with E-state index in [2.05, 4.69) is 10.4 Å². The molecule has 3 aromatic carbocycles. The standard InChI is InChI=1S/C30H29FN4O4/c1-30(29(37)32-17-22-6-4-5-7-27(22)39-3)19-35-26(16-25(33-35)21-10-14-24(38-2)15-11-21)28(36)34(30)18-20-8-12-23(31)13-9-20/h4-16H,17-19H2,1-3H3,(H,32,37). The van der Waals surface area contributed by atoms with Crippen LogP contribution in [0.5, 0.6) is 11.5 Å². The molecule has 0 fully saturated rings. The molecule has 2 amide bonds. The molecule has 1 atom stereocenters. The van der Waals surface area contributed by atoms with E-state index in [9.17, 15) is 14.0 Å². The van der Waals surface area contributed by atoms with Crippen LogP contribution in [0.3, 0.4) is 0 Å². The maximum absolute atomic E-state index is 13.9. The second-order valence-corrected chi connectivity index (χ2v) is 9.59. The number of aromatic nitrogens is 2. The summed E-state index contributed by atoms with van der Waals surface area (Å²) in [4.78, 5) is 29.2. The highest BCUT2D eigenvalue weighted by atomic mass is 19.1. The first-order valence-corrected chi connectivity index (χ1v) is 12.5. The lowest BCUT2D eigenvalue weighted by Crippen LogP contribution is -2.63. The molecule has 0 saturated heterocycles. The highest BCUT2D eigenvalue weighted by molar-refractivity contribution is 6.00. The molecular weight excluding hydrogens is 499 g/mol. The molecule has 1 aliphatic heterocycles. The summed E-state index contributed by atoms with van der Waals surface area (Å²) in [6, 6.07) is 22.5. The zero-order valence-electron chi connectivity index (χ0n) is 22.0. The number of para-hydroxylation sites is 1. The molecule has 0 saturated carbocycles.